The fourth-order valence-electron chi connectivity index (χ4n) is 1.41. The minimum atomic E-state index is -0.867. The molecule has 14 heavy (non-hydrogen) atoms. The highest BCUT2D eigenvalue weighted by molar-refractivity contribution is 8.21. The van der Waals surface area contributed by atoms with Crippen LogP contribution in [0.2, 0.25) is 0 Å². The predicted molar refractivity (Wildman–Crippen MR) is 58.3 cm³/mol. The number of hydrogen-bond donors (Lipinski definition) is 2. The van der Waals surface area contributed by atoms with Gasteiger partial charge in [-0.2, -0.15) is 0 Å². The molecule has 1 heterocycles. The van der Waals surface area contributed by atoms with E-state index in [9.17, 15) is 9.59 Å². The van der Waals surface area contributed by atoms with Gasteiger partial charge in [-0.3, -0.25) is 9.59 Å². The van der Waals surface area contributed by atoms with Crippen LogP contribution in [-0.4, -0.2) is 32.6 Å². The van der Waals surface area contributed by atoms with Gasteiger partial charge in [0.25, 0.3) is 0 Å². The average Bonchev–Trinajstić information content (AvgIpc) is 2.51. The highest BCUT2D eigenvalue weighted by Crippen LogP contribution is 2.51. The molecule has 3 N–H and O–H groups in total. The van der Waals surface area contributed by atoms with Crippen molar-refractivity contribution in [1.29, 1.82) is 0 Å². The molecule has 0 radical (unpaired) electrons. The Bertz CT molecular complexity index is 251. The minimum absolute atomic E-state index is 0.135. The molecule has 1 fully saturated rings. The number of aliphatic carboxylic acids is 1. The molecule has 1 unspecified atom stereocenters. The Morgan fingerprint density at radius 3 is 2.36 bits per heavy atom. The van der Waals surface area contributed by atoms with E-state index in [1.165, 1.54) is 23.5 Å². The first kappa shape index (κ1) is 11.7. The van der Waals surface area contributed by atoms with Gasteiger partial charge in [-0.15, -0.1) is 23.5 Å². The fourth-order valence-corrected chi connectivity index (χ4v) is 4.79. The van der Waals surface area contributed by atoms with E-state index in [1.807, 2.05) is 0 Å². The summed E-state index contributed by atoms with van der Waals surface area (Å²) in [6.45, 7) is 1.64. The molecule has 0 saturated carbocycles. The van der Waals surface area contributed by atoms with Crippen LogP contribution in [0, 0.1) is 5.92 Å². The molecule has 0 bridgehead atoms. The molecule has 0 aromatic rings. The minimum Gasteiger partial charge on any atom is -0.481 e. The van der Waals surface area contributed by atoms with Crippen molar-refractivity contribution in [3.63, 3.8) is 0 Å². The maximum Gasteiger partial charge on any atom is 0.308 e. The summed E-state index contributed by atoms with van der Waals surface area (Å²) >= 11 is 3.07. The number of nitrogens with two attached hydrogens (primary N) is 1. The van der Waals surface area contributed by atoms with Gasteiger partial charge in [0.2, 0.25) is 5.91 Å². The zero-order valence-corrected chi connectivity index (χ0v) is 9.49. The Hall–Kier alpha value is -0.360. The van der Waals surface area contributed by atoms with Gasteiger partial charge < -0.3 is 10.8 Å². The van der Waals surface area contributed by atoms with Crippen LogP contribution in [-0.2, 0) is 9.59 Å². The number of thioether (sulfide) groups is 2. The van der Waals surface area contributed by atoms with Crippen LogP contribution in [0.1, 0.15) is 13.3 Å². The summed E-state index contributed by atoms with van der Waals surface area (Å²) in [7, 11) is 0. The van der Waals surface area contributed by atoms with Gasteiger partial charge in [-0.05, 0) is 6.92 Å². The molecule has 0 aromatic heterocycles. The highest BCUT2D eigenvalue weighted by Gasteiger charge is 2.45. The van der Waals surface area contributed by atoms with E-state index in [2.05, 4.69) is 0 Å². The summed E-state index contributed by atoms with van der Waals surface area (Å²) in [5, 5.41) is 8.94. The standard InChI is InChI=1S/C8H13NO3S2/c1-5(7(11)12)8(4-6(9)10)13-2-3-14-8/h5H,2-4H2,1H3,(H2,9,10)(H,11,12). The Labute approximate surface area is 91.0 Å². The zero-order chi connectivity index (χ0) is 10.8. The van der Waals surface area contributed by atoms with E-state index < -0.39 is 21.9 Å². The second-order valence-electron chi connectivity index (χ2n) is 3.21. The molecule has 6 heteroatoms. The van der Waals surface area contributed by atoms with Gasteiger partial charge in [0, 0.05) is 11.5 Å². The third-order valence-corrected chi connectivity index (χ3v) is 5.98. The van der Waals surface area contributed by atoms with Crippen molar-refractivity contribution >= 4 is 35.4 Å². The molecular weight excluding hydrogens is 222 g/mol. The van der Waals surface area contributed by atoms with E-state index in [-0.39, 0.29) is 6.42 Å². The van der Waals surface area contributed by atoms with Crippen LogP contribution in [0.25, 0.3) is 0 Å². The Kier molecular flexibility index (Phi) is 3.71. The summed E-state index contributed by atoms with van der Waals surface area (Å²) in [5.74, 6) is -0.0776. The molecule has 0 spiro atoms. The molecule has 1 saturated heterocycles. The van der Waals surface area contributed by atoms with E-state index in [1.54, 1.807) is 6.92 Å². The van der Waals surface area contributed by atoms with Crippen molar-refractivity contribution in [3.05, 3.63) is 0 Å². The number of primary amides is 1. The second-order valence-corrected chi connectivity index (χ2v) is 6.32. The van der Waals surface area contributed by atoms with Crippen LogP contribution in [0.3, 0.4) is 0 Å². The van der Waals surface area contributed by atoms with Crippen molar-refractivity contribution in [2.75, 3.05) is 11.5 Å². The lowest BCUT2D eigenvalue weighted by molar-refractivity contribution is -0.141. The number of carboxylic acids is 1. The topological polar surface area (TPSA) is 80.4 Å². The van der Waals surface area contributed by atoms with Gasteiger partial charge in [-0.1, -0.05) is 0 Å². The maximum atomic E-state index is 10.9. The predicted octanol–water partition coefficient (Wildman–Crippen LogP) is 0.759. The Morgan fingerprint density at radius 2 is 2.00 bits per heavy atom. The van der Waals surface area contributed by atoms with Crippen LogP contribution in [0.15, 0.2) is 0 Å². The Morgan fingerprint density at radius 1 is 1.50 bits per heavy atom. The lowest BCUT2D eigenvalue weighted by atomic mass is 10.0. The van der Waals surface area contributed by atoms with Crippen molar-refractivity contribution in [2.45, 2.75) is 17.4 Å². The largest absolute Gasteiger partial charge is 0.481 e. The first-order valence-corrected chi connectivity index (χ1v) is 6.24. The number of hydrogen-bond acceptors (Lipinski definition) is 4. The number of carbonyl (C=O) groups is 2. The summed E-state index contributed by atoms with van der Waals surface area (Å²) in [5.41, 5.74) is 5.14. The zero-order valence-electron chi connectivity index (χ0n) is 7.86. The van der Waals surface area contributed by atoms with Crippen molar-refractivity contribution in [2.24, 2.45) is 11.7 Å². The SMILES string of the molecule is CC(C(=O)O)C1(CC(N)=O)SCCS1. The van der Waals surface area contributed by atoms with Crippen molar-refractivity contribution in [3.8, 4) is 0 Å². The molecule has 1 aliphatic rings. The summed E-state index contributed by atoms with van der Waals surface area (Å²) in [4.78, 5) is 21.8. The second kappa shape index (κ2) is 4.44. The number of amides is 1. The lowest BCUT2D eigenvalue weighted by Gasteiger charge is -2.29. The quantitative estimate of drug-likeness (QED) is 0.752. The first-order chi connectivity index (χ1) is 6.48. The number of carboxylic acid groups (broad SMARTS) is 1. The van der Waals surface area contributed by atoms with Crippen molar-refractivity contribution in [1.82, 2.24) is 0 Å². The molecule has 0 aromatic carbocycles. The Balaban J connectivity index is 2.80. The molecule has 1 amide bonds. The normalized spacial score (nSPS) is 21.8. The van der Waals surface area contributed by atoms with Crippen LogP contribution < -0.4 is 5.73 Å². The van der Waals surface area contributed by atoms with E-state index in [4.69, 9.17) is 10.8 Å². The fraction of sp³-hybridized carbons (Fsp3) is 0.750. The van der Waals surface area contributed by atoms with E-state index in [0.717, 1.165) is 11.5 Å². The molecule has 0 aliphatic carbocycles. The number of carbonyl (C=O) groups excluding carboxylic acids is 1. The van der Waals surface area contributed by atoms with Gasteiger partial charge in [0.1, 0.15) is 0 Å². The van der Waals surface area contributed by atoms with Crippen LogP contribution >= 0.6 is 23.5 Å². The highest BCUT2D eigenvalue weighted by atomic mass is 32.2. The van der Waals surface area contributed by atoms with Gasteiger partial charge in [0.05, 0.1) is 16.4 Å². The third-order valence-electron chi connectivity index (χ3n) is 2.23. The molecule has 4 nitrogen and oxygen atoms in total. The first-order valence-electron chi connectivity index (χ1n) is 4.27. The van der Waals surface area contributed by atoms with Gasteiger partial charge in [-0.25, -0.2) is 0 Å². The van der Waals surface area contributed by atoms with Crippen LogP contribution in [0.4, 0.5) is 0 Å². The maximum absolute atomic E-state index is 10.9. The average molecular weight is 235 g/mol. The third kappa shape index (κ3) is 2.36. The van der Waals surface area contributed by atoms with Crippen LogP contribution in [0.5, 0.6) is 0 Å². The van der Waals surface area contributed by atoms with Gasteiger partial charge in [0.15, 0.2) is 0 Å². The molecule has 1 atom stereocenters. The summed E-state index contributed by atoms with van der Waals surface area (Å²) in [6.07, 6.45) is 0.135. The molecule has 1 rings (SSSR count). The smallest absolute Gasteiger partial charge is 0.308 e. The summed E-state index contributed by atoms with van der Waals surface area (Å²) < 4.78 is -0.544. The molecule has 1 aliphatic heterocycles. The lowest BCUT2D eigenvalue weighted by Crippen LogP contribution is -2.37. The molecular formula is C8H13NO3S2. The van der Waals surface area contributed by atoms with E-state index >= 15 is 0 Å². The monoisotopic (exact) mass is 235 g/mol. The van der Waals surface area contributed by atoms with Gasteiger partial charge >= 0.3 is 5.97 Å². The molecule has 80 valence electrons. The number of rotatable bonds is 4. The van der Waals surface area contributed by atoms with E-state index in [0.29, 0.717) is 0 Å². The summed E-state index contributed by atoms with van der Waals surface area (Å²) in [6, 6.07) is 0. The van der Waals surface area contributed by atoms with Crippen molar-refractivity contribution < 1.29 is 14.7 Å².